The molecule has 1 aliphatic heterocycles. The highest BCUT2D eigenvalue weighted by atomic mass is 19.1. The summed E-state index contributed by atoms with van der Waals surface area (Å²) in [4.78, 5) is 26.1. The van der Waals surface area contributed by atoms with Crippen LogP contribution in [0, 0.1) is 12.7 Å². The maximum absolute atomic E-state index is 13.8. The number of carbonyl (C=O) groups is 1. The molecular weight excluding hydrogens is 351 g/mol. The average molecular weight is 374 g/mol. The predicted molar refractivity (Wildman–Crippen MR) is 98.9 cm³/mol. The van der Waals surface area contributed by atoms with Crippen LogP contribution in [0.5, 0.6) is 11.5 Å². The van der Waals surface area contributed by atoms with Crippen LogP contribution in [-0.2, 0) is 7.05 Å². The predicted octanol–water partition coefficient (Wildman–Crippen LogP) is 2.53. The Morgan fingerprint density at radius 2 is 1.89 bits per heavy atom. The van der Waals surface area contributed by atoms with Crippen molar-refractivity contribution >= 4 is 5.91 Å². The van der Waals surface area contributed by atoms with Crippen LogP contribution in [0.4, 0.5) is 4.39 Å². The van der Waals surface area contributed by atoms with Gasteiger partial charge in [-0.3, -0.25) is 9.59 Å². The van der Waals surface area contributed by atoms with E-state index < -0.39 is 5.82 Å². The zero-order chi connectivity index (χ0) is 19.6. The standard InChI is InChI=1S/C20H23FN2O4/c1-13-10-16(12-19(24)22(13)2)27-15-6-8-23(9-7-15)20(25)14-4-5-18(26-3)17(21)11-14/h4-5,10-12,15H,6-9H2,1-3H3. The highest BCUT2D eigenvalue weighted by molar-refractivity contribution is 5.94. The van der Waals surface area contributed by atoms with Crippen molar-refractivity contribution in [1.29, 1.82) is 0 Å². The summed E-state index contributed by atoms with van der Waals surface area (Å²) in [5.41, 5.74) is 1.01. The quantitative estimate of drug-likeness (QED) is 0.825. The molecule has 1 saturated heterocycles. The fourth-order valence-corrected chi connectivity index (χ4v) is 3.16. The number of carbonyl (C=O) groups excluding carboxylic acids is 1. The molecule has 7 heteroatoms. The number of nitrogens with zero attached hydrogens (tertiary/aromatic N) is 2. The van der Waals surface area contributed by atoms with Crippen molar-refractivity contribution in [2.75, 3.05) is 20.2 Å². The van der Waals surface area contributed by atoms with Crippen molar-refractivity contribution in [3.8, 4) is 11.5 Å². The largest absolute Gasteiger partial charge is 0.494 e. The third-order valence-corrected chi connectivity index (χ3v) is 4.91. The second-order valence-electron chi connectivity index (χ2n) is 6.69. The Morgan fingerprint density at radius 1 is 1.19 bits per heavy atom. The summed E-state index contributed by atoms with van der Waals surface area (Å²) in [7, 11) is 3.10. The van der Waals surface area contributed by atoms with Crippen molar-refractivity contribution in [2.24, 2.45) is 7.05 Å². The van der Waals surface area contributed by atoms with Gasteiger partial charge in [0, 0.05) is 50.3 Å². The van der Waals surface area contributed by atoms with E-state index in [-0.39, 0.29) is 23.3 Å². The zero-order valence-corrected chi connectivity index (χ0v) is 15.7. The van der Waals surface area contributed by atoms with Crippen LogP contribution in [0.1, 0.15) is 28.9 Å². The van der Waals surface area contributed by atoms with Crippen molar-refractivity contribution in [2.45, 2.75) is 25.9 Å². The van der Waals surface area contributed by atoms with Gasteiger partial charge in [-0.2, -0.15) is 0 Å². The SMILES string of the molecule is COc1ccc(C(=O)N2CCC(Oc3cc(C)n(C)c(=O)c3)CC2)cc1F. The molecule has 0 spiro atoms. The van der Waals surface area contributed by atoms with E-state index >= 15 is 0 Å². The number of piperidine rings is 1. The van der Waals surface area contributed by atoms with Gasteiger partial charge in [-0.15, -0.1) is 0 Å². The van der Waals surface area contributed by atoms with Gasteiger partial charge < -0.3 is 18.9 Å². The lowest BCUT2D eigenvalue weighted by Crippen LogP contribution is -2.41. The minimum atomic E-state index is -0.553. The molecule has 1 fully saturated rings. The van der Waals surface area contributed by atoms with E-state index in [4.69, 9.17) is 9.47 Å². The number of hydrogen-bond donors (Lipinski definition) is 0. The molecule has 0 radical (unpaired) electrons. The topological polar surface area (TPSA) is 60.8 Å². The van der Waals surface area contributed by atoms with Gasteiger partial charge in [0.1, 0.15) is 11.9 Å². The molecule has 1 aromatic heterocycles. The lowest BCUT2D eigenvalue weighted by Gasteiger charge is -2.32. The van der Waals surface area contributed by atoms with E-state index in [1.165, 1.54) is 25.3 Å². The molecule has 0 N–H and O–H groups in total. The van der Waals surface area contributed by atoms with Crippen LogP contribution in [0.3, 0.4) is 0 Å². The second kappa shape index (κ2) is 7.82. The van der Waals surface area contributed by atoms with Crippen molar-refractivity contribution < 1.29 is 18.7 Å². The number of aryl methyl sites for hydroxylation is 1. The number of hydrogen-bond acceptors (Lipinski definition) is 4. The molecule has 1 amide bonds. The first-order valence-electron chi connectivity index (χ1n) is 8.86. The molecule has 2 heterocycles. The first-order valence-corrected chi connectivity index (χ1v) is 8.86. The molecule has 27 heavy (non-hydrogen) atoms. The number of aromatic nitrogens is 1. The number of likely N-dealkylation sites (tertiary alicyclic amines) is 1. The Morgan fingerprint density at radius 3 is 2.48 bits per heavy atom. The fraction of sp³-hybridized carbons (Fsp3) is 0.400. The molecule has 0 atom stereocenters. The maximum atomic E-state index is 13.8. The summed E-state index contributed by atoms with van der Waals surface area (Å²) in [5.74, 6) is -0.0948. The van der Waals surface area contributed by atoms with E-state index in [1.807, 2.05) is 13.0 Å². The van der Waals surface area contributed by atoms with Gasteiger partial charge >= 0.3 is 0 Å². The van der Waals surface area contributed by atoms with Crippen molar-refractivity contribution in [3.63, 3.8) is 0 Å². The van der Waals surface area contributed by atoms with Crippen LogP contribution < -0.4 is 15.0 Å². The molecule has 2 aromatic rings. The molecule has 0 unspecified atom stereocenters. The number of rotatable bonds is 4. The Balaban J connectivity index is 1.61. The normalized spacial score (nSPS) is 14.9. The minimum Gasteiger partial charge on any atom is -0.494 e. The van der Waals surface area contributed by atoms with Gasteiger partial charge in [0.05, 0.1) is 7.11 Å². The van der Waals surface area contributed by atoms with Crippen LogP contribution in [0.15, 0.2) is 35.1 Å². The van der Waals surface area contributed by atoms with Crippen molar-refractivity contribution in [1.82, 2.24) is 9.47 Å². The van der Waals surface area contributed by atoms with E-state index in [0.29, 0.717) is 37.2 Å². The molecule has 0 aliphatic carbocycles. The first kappa shape index (κ1) is 18.9. The number of pyridine rings is 1. The molecule has 1 aliphatic rings. The van der Waals surface area contributed by atoms with E-state index in [9.17, 15) is 14.0 Å². The highest BCUT2D eigenvalue weighted by Gasteiger charge is 2.25. The molecule has 1 aromatic carbocycles. The zero-order valence-electron chi connectivity index (χ0n) is 15.7. The summed E-state index contributed by atoms with van der Waals surface area (Å²) in [5, 5.41) is 0. The third kappa shape index (κ3) is 4.13. The lowest BCUT2D eigenvalue weighted by atomic mass is 10.1. The summed E-state index contributed by atoms with van der Waals surface area (Å²) in [6.07, 6.45) is 1.24. The van der Waals surface area contributed by atoms with Gasteiger partial charge in [-0.05, 0) is 31.2 Å². The lowest BCUT2D eigenvalue weighted by molar-refractivity contribution is 0.0594. The molecule has 144 valence electrons. The van der Waals surface area contributed by atoms with Gasteiger partial charge in [-0.25, -0.2) is 4.39 Å². The highest BCUT2D eigenvalue weighted by Crippen LogP contribution is 2.22. The Hall–Kier alpha value is -2.83. The average Bonchev–Trinajstić information content (AvgIpc) is 2.66. The number of halogens is 1. The molecule has 3 rings (SSSR count). The van der Waals surface area contributed by atoms with Crippen LogP contribution >= 0.6 is 0 Å². The monoisotopic (exact) mass is 374 g/mol. The van der Waals surface area contributed by atoms with Gasteiger partial charge in [0.2, 0.25) is 0 Å². The molecule has 6 nitrogen and oxygen atoms in total. The maximum Gasteiger partial charge on any atom is 0.254 e. The van der Waals surface area contributed by atoms with Crippen molar-refractivity contribution in [3.05, 3.63) is 57.8 Å². The van der Waals surface area contributed by atoms with E-state index in [1.54, 1.807) is 22.6 Å². The fourth-order valence-electron chi connectivity index (χ4n) is 3.16. The van der Waals surface area contributed by atoms with Crippen LogP contribution in [0.25, 0.3) is 0 Å². The Kier molecular flexibility index (Phi) is 5.48. The number of benzene rings is 1. The summed E-state index contributed by atoms with van der Waals surface area (Å²) >= 11 is 0. The smallest absolute Gasteiger partial charge is 0.254 e. The minimum absolute atomic E-state index is 0.0619. The number of ether oxygens (including phenoxy) is 2. The Bertz CT molecular complexity index is 901. The van der Waals surface area contributed by atoms with E-state index in [0.717, 1.165) is 5.69 Å². The van der Waals surface area contributed by atoms with Crippen LogP contribution in [-0.4, -0.2) is 41.7 Å². The van der Waals surface area contributed by atoms with E-state index in [2.05, 4.69) is 0 Å². The van der Waals surface area contributed by atoms with Gasteiger partial charge in [-0.1, -0.05) is 0 Å². The second-order valence-corrected chi connectivity index (χ2v) is 6.69. The molecule has 0 bridgehead atoms. The number of methoxy groups -OCH3 is 1. The van der Waals surface area contributed by atoms with Gasteiger partial charge in [0.25, 0.3) is 11.5 Å². The van der Waals surface area contributed by atoms with Crippen LogP contribution in [0.2, 0.25) is 0 Å². The summed E-state index contributed by atoms with van der Waals surface area (Å²) < 4.78 is 26.2. The first-order chi connectivity index (χ1) is 12.9. The van der Waals surface area contributed by atoms with Gasteiger partial charge in [0.15, 0.2) is 11.6 Å². The third-order valence-electron chi connectivity index (χ3n) is 4.91. The molecular formula is C20H23FN2O4. The summed E-state index contributed by atoms with van der Waals surface area (Å²) in [6, 6.07) is 7.53. The number of amides is 1. The summed E-state index contributed by atoms with van der Waals surface area (Å²) in [6.45, 7) is 2.88. The Labute approximate surface area is 157 Å². The molecule has 0 saturated carbocycles.